The highest BCUT2D eigenvalue weighted by atomic mass is 16.5. The Kier molecular flexibility index (Phi) is 6.36. The van der Waals surface area contributed by atoms with Crippen LogP contribution in [0.1, 0.15) is 93.7 Å². The molecule has 182 valence electrons. The molecule has 0 unspecified atom stereocenters. The van der Waals surface area contributed by atoms with Gasteiger partial charge in [0.1, 0.15) is 18.6 Å². The molecule has 3 aliphatic rings. The van der Waals surface area contributed by atoms with Crippen molar-refractivity contribution in [1.29, 1.82) is 0 Å². The molecule has 2 aliphatic carbocycles. The molecule has 2 aromatic rings. The van der Waals surface area contributed by atoms with Gasteiger partial charge in [0, 0.05) is 30.7 Å². The first kappa shape index (κ1) is 23.3. The second-order valence-electron chi connectivity index (χ2n) is 11.6. The predicted molar refractivity (Wildman–Crippen MR) is 128 cm³/mol. The van der Waals surface area contributed by atoms with Crippen LogP contribution in [0.2, 0.25) is 0 Å². The van der Waals surface area contributed by atoms with Crippen molar-refractivity contribution in [3.05, 3.63) is 52.9 Å². The number of imide groups is 1. The third-order valence-corrected chi connectivity index (χ3v) is 7.38. The van der Waals surface area contributed by atoms with Gasteiger partial charge >= 0.3 is 0 Å². The predicted octanol–water partition coefficient (Wildman–Crippen LogP) is 5.37. The molecule has 2 saturated carbocycles. The van der Waals surface area contributed by atoms with E-state index >= 15 is 0 Å². The van der Waals surface area contributed by atoms with Crippen molar-refractivity contribution < 1.29 is 18.8 Å². The summed E-state index contributed by atoms with van der Waals surface area (Å²) in [5.41, 5.74) is 3.58. The fraction of sp³-hybridized carbons (Fsp3) is 0.607. The maximum atomic E-state index is 13.1. The summed E-state index contributed by atoms with van der Waals surface area (Å²) < 4.78 is 11.5. The van der Waals surface area contributed by atoms with E-state index < -0.39 is 6.23 Å². The largest absolute Gasteiger partial charge is 0.361 e. The van der Waals surface area contributed by atoms with Crippen molar-refractivity contribution in [2.75, 3.05) is 6.61 Å². The number of ether oxygens (including phenoxy) is 1. The second kappa shape index (κ2) is 9.29. The lowest BCUT2D eigenvalue weighted by atomic mass is 9.67. The van der Waals surface area contributed by atoms with Crippen molar-refractivity contribution in [2.45, 2.75) is 90.2 Å². The van der Waals surface area contributed by atoms with Crippen LogP contribution in [-0.4, -0.2) is 34.7 Å². The lowest BCUT2D eigenvalue weighted by molar-refractivity contribution is -0.144. The number of benzene rings is 1. The van der Waals surface area contributed by atoms with Gasteiger partial charge in [-0.05, 0) is 54.9 Å². The molecule has 0 spiro atoms. The maximum absolute atomic E-state index is 13.1. The number of hydrogen-bond acceptors (Lipinski definition) is 5. The highest BCUT2D eigenvalue weighted by Gasteiger charge is 2.41. The summed E-state index contributed by atoms with van der Waals surface area (Å²) >= 11 is 0. The minimum absolute atomic E-state index is 0.0396. The zero-order chi connectivity index (χ0) is 23.9. The van der Waals surface area contributed by atoms with Crippen LogP contribution in [0.15, 0.2) is 34.9 Å². The lowest BCUT2D eigenvalue weighted by Gasteiger charge is -2.38. The molecule has 1 aromatic carbocycles. The summed E-state index contributed by atoms with van der Waals surface area (Å²) in [5.74, 6) is 2.36. The van der Waals surface area contributed by atoms with E-state index in [2.05, 4.69) is 25.9 Å². The first-order chi connectivity index (χ1) is 16.3. The number of carbonyl (C=O) groups excluding carboxylic acids is 2. The van der Waals surface area contributed by atoms with Crippen LogP contribution >= 0.6 is 0 Å². The normalized spacial score (nSPS) is 25.0. The summed E-state index contributed by atoms with van der Waals surface area (Å²) in [4.78, 5) is 26.8. The van der Waals surface area contributed by atoms with Crippen LogP contribution in [0.5, 0.6) is 0 Å². The monoisotopic (exact) mass is 464 g/mol. The van der Waals surface area contributed by atoms with Crippen molar-refractivity contribution in [3.63, 3.8) is 0 Å². The van der Waals surface area contributed by atoms with Gasteiger partial charge in [0.15, 0.2) is 0 Å². The number of amides is 2. The van der Waals surface area contributed by atoms with Crippen LogP contribution < -0.4 is 0 Å². The number of rotatable bonds is 8. The fourth-order valence-electron chi connectivity index (χ4n) is 5.69. The number of aromatic nitrogens is 1. The minimum Gasteiger partial charge on any atom is -0.361 e. The number of aryl methyl sites for hydroxylation is 1. The Morgan fingerprint density at radius 3 is 2.53 bits per heavy atom. The molecule has 6 nitrogen and oxygen atoms in total. The summed E-state index contributed by atoms with van der Waals surface area (Å²) in [6.45, 7) is 6.88. The number of carbonyl (C=O) groups is 2. The molecule has 1 atom stereocenters. The van der Waals surface area contributed by atoms with Crippen molar-refractivity contribution in [3.8, 4) is 0 Å². The highest BCUT2D eigenvalue weighted by Crippen LogP contribution is 2.52. The molecule has 1 aromatic heterocycles. The average Bonchev–Trinajstić information content (AvgIpc) is 3.42. The summed E-state index contributed by atoms with van der Waals surface area (Å²) in [7, 11) is 0. The van der Waals surface area contributed by atoms with Crippen LogP contribution in [-0.2, 0) is 27.2 Å². The van der Waals surface area contributed by atoms with Gasteiger partial charge < -0.3 is 9.26 Å². The second-order valence-corrected chi connectivity index (χ2v) is 11.6. The standard InChI is InChI=1S/C28H36N2O4/c1-28(2,3)16-19-13-21(14-19)27-26(20-9-10-20)22(29-34-27)11-12-23(31)30-24(32)17-33-25(30)15-18-7-5-4-6-8-18/h4-8,19-21,25H,9-17H2,1-3H3/t19?,21?,25-/m1/s1. The van der Waals surface area contributed by atoms with E-state index in [0.29, 0.717) is 30.1 Å². The summed E-state index contributed by atoms with van der Waals surface area (Å²) in [6.07, 6.45) is 6.66. The molecule has 2 heterocycles. The van der Waals surface area contributed by atoms with Crippen molar-refractivity contribution >= 4 is 11.8 Å². The van der Waals surface area contributed by atoms with Crippen LogP contribution in [0.25, 0.3) is 0 Å². The Balaban J connectivity index is 1.22. The molecule has 0 N–H and O–H groups in total. The Morgan fingerprint density at radius 1 is 1.12 bits per heavy atom. The Hall–Kier alpha value is -2.47. The van der Waals surface area contributed by atoms with Gasteiger partial charge in [-0.15, -0.1) is 0 Å². The van der Waals surface area contributed by atoms with Gasteiger partial charge in [-0.2, -0.15) is 0 Å². The van der Waals surface area contributed by atoms with Gasteiger partial charge in [-0.25, -0.2) is 0 Å². The summed E-state index contributed by atoms with van der Waals surface area (Å²) in [5, 5.41) is 4.42. The first-order valence-corrected chi connectivity index (χ1v) is 12.8. The Morgan fingerprint density at radius 2 is 1.85 bits per heavy atom. The zero-order valence-corrected chi connectivity index (χ0v) is 20.6. The topological polar surface area (TPSA) is 72.6 Å². The van der Waals surface area contributed by atoms with Gasteiger partial charge in [0.25, 0.3) is 5.91 Å². The lowest BCUT2D eigenvalue weighted by Crippen LogP contribution is -2.40. The van der Waals surface area contributed by atoms with E-state index in [9.17, 15) is 9.59 Å². The van der Waals surface area contributed by atoms with E-state index in [4.69, 9.17) is 9.26 Å². The first-order valence-electron chi connectivity index (χ1n) is 12.8. The van der Waals surface area contributed by atoms with E-state index in [-0.39, 0.29) is 24.8 Å². The van der Waals surface area contributed by atoms with Gasteiger partial charge in [0.05, 0.1) is 5.69 Å². The minimum atomic E-state index is -0.534. The molecule has 6 heteroatoms. The van der Waals surface area contributed by atoms with E-state index in [0.717, 1.165) is 22.9 Å². The van der Waals surface area contributed by atoms with Gasteiger partial charge in [-0.3, -0.25) is 14.5 Å². The van der Waals surface area contributed by atoms with Crippen LogP contribution in [0.4, 0.5) is 0 Å². The molecular formula is C28H36N2O4. The molecule has 0 radical (unpaired) electrons. The van der Waals surface area contributed by atoms with Gasteiger partial charge in [0.2, 0.25) is 5.91 Å². The quantitative estimate of drug-likeness (QED) is 0.525. The molecular weight excluding hydrogens is 428 g/mol. The number of hydrogen-bond donors (Lipinski definition) is 0. The van der Waals surface area contributed by atoms with E-state index in [1.54, 1.807) is 0 Å². The van der Waals surface area contributed by atoms with Crippen LogP contribution in [0.3, 0.4) is 0 Å². The molecule has 3 fully saturated rings. The fourth-order valence-corrected chi connectivity index (χ4v) is 5.69. The molecule has 1 saturated heterocycles. The van der Waals surface area contributed by atoms with Crippen LogP contribution in [0, 0.1) is 11.3 Å². The Bertz CT molecular complexity index is 1030. The zero-order valence-electron chi connectivity index (χ0n) is 20.6. The molecule has 5 rings (SSSR count). The van der Waals surface area contributed by atoms with Crippen molar-refractivity contribution in [1.82, 2.24) is 10.1 Å². The SMILES string of the molecule is CC(C)(C)CC1CC(c2onc(CCC(=O)N3C(=O)CO[C@@H]3Cc3ccccc3)c2C2CC2)C1. The Labute approximate surface area is 202 Å². The number of nitrogens with zero attached hydrogens (tertiary/aromatic N) is 2. The van der Waals surface area contributed by atoms with Crippen molar-refractivity contribution in [2.24, 2.45) is 11.3 Å². The molecule has 1 aliphatic heterocycles. The van der Waals surface area contributed by atoms with E-state index in [1.807, 2.05) is 30.3 Å². The maximum Gasteiger partial charge on any atom is 0.257 e. The molecule has 2 amide bonds. The molecule has 0 bridgehead atoms. The molecule has 34 heavy (non-hydrogen) atoms. The smallest absolute Gasteiger partial charge is 0.257 e. The third-order valence-electron chi connectivity index (χ3n) is 7.38. The van der Waals surface area contributed by atoms with E-state index in [1.165, 1.54) is 42.6 Å². The highest BCUT2D eigenvalue weighted by molar-refractivity contribution is 5.97. The summed E-state index contributed by atoms with van der Waals surface area (Å²) in [6, 6.07) is 9.83. The average molecular weight is 465 g/mol. The van der Waals surface area contributed by atoms with Gasteiger partial charge in [-0.1, -0.05) is 56.3 Å². The third kappa shape index (κ3) is 5.12.